The Balaban J connectivity index is 3.34. The Morgan fingerprint density at radius 2 is 1.83 bits per heavy atom. The van der Waals surface area contributed by atoms with Gasteiger partial charge in [-0.25, -0.2) is 9.18 Å². The summed E-state index contributed by atoms with van der Waals surface area (Å²) in [6, 6.07) is 2.54. The molecule has 0 aliphatic rings. The largest absolute Gasteiger partial charge is 0.481 e. The Kier molecular flexibility index (Phi) is 3.74. The first-order valence-electron chi connectivity index (χ1n) is 5.41. The van der Waals surface area contributed by atoms with E-state index in [9.17, 15) is 14.0 Å². The molecule has 0 amide bonds. The quantitative estimate of drug-likeness (QED) is 0.866. The van der Waals surface area contributed by atoms with E-state index in [-0.39, 0.29) is 17.5 Å². The second-order valence-corrected chi connectivity index (χ2v) is 4.89. The van der Waals surface area contributed by atoms with Crippen molar-refractivity contribution in [1.82, 2.24) is 0 Å². The van der Waals surface area contributed by atoms with Gasteiger partial charge >= 0.3 is 11.9 Å². The average molecular weight is 254 g/mol. The van der Waals surface area contributed by atoms with Gasteiger partial charge in [0.2, 0.25) is 0 Å². The summed E-state index contributed by atoms with van der Waals surface area (Å²) in [4.78, 5) is 21.7. The van der Waals surface area contributed by atoms with Gasteiger partial charge in [-0.3, -0.25) is 4.79 Å². The molecule has 0 saturated heterocycles. The summed E-state index contributed by atoms with van der Waals surface area (Å²) in [7, 11) is 0. The van der Waals surface area contributed by atoms with Crippen molar-refractivity contribution in [3.8, 4) is 0 Å². The molecule has 2 N–H and O–H groups in total. The van der Waals surface area contributed by atoms with Crippen molar-refractivity contribution in [2.45, 2.75) is 32.6 Å². The average Bonchev–Trinajstić information content (AvgIpc) is 2.19. The monoisotopic (exact) mass is 254 g/mol. The topological polar surface area (TPSA) is 74.6 Å². The van der Waals surface area contributed by atoms with Crippen molar-refractivity contribution < 1.29 is 24.2 Å². The van der Waals surface area contributed by atoms with Crippen LogP contribution < -0.4 is 0 Å². The van der Waals surface area contributed by atoms with Gasteiger partial charge in [-0.1, -0.05) is 13.8 Å². The molecule has 0 heterocycles. The van der Waals surface area contributed by atoms with E-state index < -0.39 is 23.2 Å². The normalized spacial score (nSPS) is 11.3. The molecule has 5 heteroatoms. The van der Waals surface area contributed by atoms with Crippen molar-refractivity contribution in [1.29, 1.82) is 0 Å². The number of aliphatic carboxylic acids is 1. The molecule has 1 rings (SSSR count). The molecule has 18 heavy (non-hydrogen) atoms. The highest BCUT2D eigenvalue weighted by Crippen LogP contribution is 2.30. The summed E-state index contributed by atoms with van der Waals surface area (Å²) in [5.41, 5.74) is -0.545. The maximum absolute atomic E-state index is 13.7. The molecule has 0 aromatic heterocycles. The molecule has 1 aromatic rings. The standard InChI is InChI=1S/C13H15FO4/c1-7-9(12(17)18)4-8(5-10(7)14)13(2,3)6-11(15)16/h4-5H,6H2,1-3H3,(H,15,16)(H,17,18). The number of aromatic carboxylic acids is 1. The summed E-state index contributed by atoms with van der Waals surface area (Å²) in [5, 5.41) is 17.8. The number of carboxylic acid groups (broad SMARTS) is 2. The number of carbonyl (C=O) groups is 2. The van der Waals surface area contributed by atoms with Gasteiger partial charge in [0.15, 0.2) is 0 Å². The zero-order valence-corrected chi connectivity index (χ0v) is 10.5. The molecule has 1 aromatic carbocycles. The van der Waals surface area contributed by atoms with Gasteiger partial charge in [0.1, 0.15) is 5.82 Å². The lowest BCUT2D eigenvalue weighted by molar-refractivity contribution is -0.138. The van der Waals surface area contributed by atoms with Crippen LogP contribution in [0.25, 0.3) is 0 Å². The zero-order chi connectivity index (χ0) is 14.1. The molecule has 0 spiro atoms. The number of hydrogen-bond acceptors (Lipinski definition) is 2. The lowest BCUT2D eigenvalue weighted by Crippen LogP contribution is -2.22. The van der Waals surface area contributed by atoms with Gasteiger partial charge in [0, 0.05) is 5.41 Å². The van der Waals surface area contributed by atoms with Crippen LogP contribution in [-0.2, 0) is 10.2 Å². The van der Waals surface area contributed by atoms with Crippen molar-refractivity contribution in [3.05, 3.63) is 34.6 Å². The van der Waals surface area contributed by atoms with Gasteiger partial charge in [-0.05, 0) is 30.2 Å². The van der Waals surface area contributed by atoms with Crippen LogP contribution in [0.5, 0.6) is 0 Å². The number of benzene rings is 1. The fraction of sp³-hybridized carbons (Fsp3) is 0.385. The maximum atomic E-state index is 13.7. The molecule has 0 aliphatic heterocycles. The molecule has 98 valence electrons. The molecular formula is C13H15FO4. The van der Waals surface area contributed by atoms with Crippen LogP contribution in [0.1, 0.15) is 41.8 Å². The van der Waals surface area contributed by atoms with E-state index in [1.165, 1.54) is 19.1 Å². The number of carboxylic acids is 2. The SMILES string of the molecule is Cc1c(F)cc(C(C)(C)CC(=O)O)cc1C(=O)O. The first-order valence-corrected chi connectivity index (χ1v) is 5.41. The molecular weight excluding hydrogens is 239 g/mol. The molecule has 0 unspecified atom stereocenters. The lowest BCUT2D eigenvalue weighted by Gasteiger charge is -2.24. The van der Waals surface area contributed by atoms with Crippen molar-refractivity contribution in [3.63, 3.8) is 0 Å². The molecule has 0 saturated carbocycles. The summed E-state index contributed by atoms with van der Waals surface area (Å²) in [6.45, 7) is 4.65. The molecule has 0 aliphatic carbocycles. The molecule has 0 fully saturated rings. The molecule has 4 nitrogen and oxygen atoms in total. The molecule has 0 bridgehead atoms. The number of rotatable bonds is 4. The van der Waals surface area contributed by atoms with Crippen LogP contribution in [-0.4, -0.2) is 22.2 Å². The number of hydrogen-bond donors (Lipinski definition) is 2. The lowest BCUT2D eigenvalue weighted by atomic mass is 9.80. The second kappa shape index (κ2) is 4.76. The summed E-state index contributed by atoms with van der Waals surface area (Å²) < 4.78 is 13.7. The van der Waals surface area contributed by atoms with Crippen LogP contribution in [0.2, 0.25) is 0 Å². The maximum Gasteiger partial charge on any atom is 0.336 e. The highest BCUT2D eigenvalue weighted by Gasteiger charge is 2.26. The first kappa shape index (κ1) is 14.2. The van der Waals surface area contributed by atoms with E-state index in [1.54, 1.807) is 13.8 Å². The van der Waals surface area contributed by atoms with Crippen molar-refractivity contribution in [2.75, 3.05) is 0 Å². The van der Waals surface area contributed by atoms with Gasteiger partial charge in [0.25, 0.3) is 0 Å². The van der Waals surface area contributed by atoms with Gasteiger partial charge < -0.3 is 10.2 Å². The third-order valence-electron chi connectivity index (χ3n) is 2.95. The van der Waals surface area contributed by atoms with Gasteiger partial charge in [0.05, 0.1) is 12.0 Å². The van der Waals surface area contributed by atoms with Crippen LogP contribution in [0.4, 0.5) is 4.39 Å². The minimum Gasteiger partial charge on any atom is -0.481 e. The Morgan fingerprint density at radius 1 is 1.28 bits per heavy atom. The van der Waals surface area contributed by atoms with Crippen LogP contribution >= 0.6 is 0 Å². The van der Waals surface area contributed by atoms with Crippen molar-refractivity contribution in [2.24, 2.45) is 0 Å². The fourth-order valence-electron chi connectivity index (χ4n) is 1.77. The minimum atomic E-state index is -1.22. The molecule has 0 atom stereocenters. The Labute approximate surface area is 104 Å². The van der Waals surface area contributed by atoms with E-state index in [0.717, 1.165) is 0 Å². The highest BCUT2D eigenvalue weighted by atomic mass is 19.1. The predicted molar refractivity (Wildman–Crippen MR) is 63.4 cm³/mol. The van der Waals surface area contributed by atoms with Crippen LogP contribution in [0.15, 0.2) is 12.1 Å². The van der Waals surface area contributed by atoms with E-state index in [2.05, 4.69) is 0 Å². The van der Waals surface area contributed by atoms with E-state index >= 15 is 0 Å². The van der Waals surface area contributed by atoms with Gasteiger partial charge in [-0.15, -0.1) is 0 Å². The van der Waals surface area contributed by atoms with Crippen LogP contribution in [0.3, 0.4) is 0 Å². The van der Waals surface area contributed by atoms with Gasteiger partial charge in [-0.2, -0.15) is 0 Å². The minimum absolute atomic E-state index is 0.0531. The van der Waals surface area contributed by atoms with E-state index in [1.807, 2.05) is 0 Å². The first-order chi connectivity index (χ1) is 8.15. The summed E-state index contributed by atoms with van der Waals surface area (Å²) >= 11 is 0. The zero-order valence-electron chi connectivity index (χ0n) is 10.5. The van der Waals surface area contributed by atoms with E-state index in [4.69, 9.17) is 10.2 Å². The van der Waals surface area contributed by atoms with Crippen LogP contribution in [0, 0.1) is 12.7 Å². The summed E-state index contributed by atoms with van der Waals surface area (Å²) in [6.07, 6.45) is -0.200. The highest BCUT2D eigenvalue weighted by molar-refractivity contribution is 5.89. The third kappa shape index (κ3) is 2.85. The van der Waals surface area contributed by atoms with Crippen molar-refractivity contribution >= 4 is 11.9 Å². The second-order valence-electron chi connectivity index (χ2n) is 4.89. The Hall–Kier alpha value is -1.91. The third-order valence-corrected chi connectivity index (χ3v) is 2.95. The molecule has 0 radical (unpaired) electrons. The number of halogens is 1. The smallest absolute Gasteiger partial charge is 0.336 e. The Bertz CT molecular complexity index is 506. The Morgan fingerprint density at radius 3 is 2.28 bits per heavy atom. The fourth-order valence-corrected chi connectivity index (χ4v) is 1.77. The predicted octanol–water partition coefficient (Wildman–Crippen LogP) is 2.58. The van der Waals surface area contributed by atoms with E-state index in [0.29, 0.717) is 5.56 Å². The summed E-state index contributed by atoms with van der Waals surface area (Å²) in [5.74, 6) is -2.87.